The fourth-order valence-electron chi connectivity index (χ4n) is 4.06. The molecule has 0 fully saturated rings. The van der Waals surface area contributed by atoms with Crippen LogP contribution in [0.1, 0.15) is 123 Å². The van der Waals surface area contributed by atoms with Crippen molar-refractivity contribution in [3.8, 4) is 0 Å². The van der Waals surface area contributed by atoms with E-state index in [-0.39, 0.29) is 18.3 Å². The molecule has 0 aromatic rings. The number of nitrogens with zero attached hydrogens (tertiary/aromatic N) is 1. The van der Waals surface area contributed by atoms with Gasteiger partial charge in [0, 0.05) is 18.5 Å². The number of nitrogens with one attached hydrogen (secondary N) is 1. The zero-order valence-electron chi connectivity index (χ0n) is 21.6. The molecule has 0 unspecified atom stereocenters. The summed E-state index contributed by atoms with van der Waals surface area (Å²) in [5.41, 5.74) is 0.594. The first kappa shape index (κ1) is 32.6. The number of rotatable bonds is 22. The van der Waals surface area contributed by atoms with Crippen molar-refractivity contribution >= 4 is 5.91 Å². The van der Waals surface area contributed by atoms with Gasteiger partial charge in [-0.25, -0.2) is 0 Å². The second-order valence-corrected chi connectivity index (χ2v) is 10.1. The number of hydrogen-bond donors (Lipinski definition) is 1. The second-order valence-electron chi connectivity index (χ2n) is 10.1. The molecule has 0 radical (unpaired) electrons. The average molecular weight is 459 g/mol. The molecule has 0 spiro atoms. The Morgan fingerprint density at radius 3 is 1.42 bits per heavy atom. The van der Waals surface area contributed by atoms with E-state index in [2.05, 4.69) is 32.9 Å². The highest BCUT2D eigenvalue weighted by atomic mass is 35.5. The monoisotopic (exact) mass is 458 g/mol. The Bertz CT molecular complexity index is 423. The van der Waals surface area contributed by atoms with E-state index in [9.17, 15) is 4.79 Å². The van der Waals surface area contributed by atoms with Crippen molar-refractivity contribution in [2.75, 3.05) is 33.7 Å². The topological polar surface area (TPSA) is 29.1 Å². The number of halogens is 1. The average Bonchev–Trinajstić information content (AvgIpc) is 2.70. The summed E-state index contributed by atoms with van der Waals surface area (Å²) >= 11 is 0. The lowest BCUT2D eigenvalue weighted by molar-refractivity contribution is -0.890. The molecule has 0 heterocycles. The van der Waals surface area contributed by atoms with E-state index >= 15 is 0 Å². The van der Waals surface area contributed by atoms with E-state index in [1.54, 1.807) is 6.92 Å². The maximum absolute atomic E-state index is 11.5. The molecule has 0 rings (SSSR count). The van der Waals surface area contributed by atoms with Crippen LogP contribution < -0.4 is 17.7 Å². The lowest BCUT2D eigenvalue weighted by atomic mass is 10.0. The van der Waals surface area contributed by atoms with Crippen molar-refractivity contribution in [2.24, 2.45) is 0 Å². The van der Waals surface area contributed by atoms with E-state index < -0.39 is 0 Å². The molecule has 1 amide bonds. The van der Waals surface area contributed by atoms with Crippen molar-refractivity contribution in [3.63, 3.8) is 0 Å². The van der Waals surface area contributed by atoms with E-state index in [0.717, 1.165) is 24.0 Å². The minimum atomic E-state index is -0.0156. The Morgan fingerprint density at radius 1 is 0.677 bits per heavy atom. The van der Waals surface area contributed by atoms with Crippen molar-refractivity contribution in [2.45, 2.75) is 123 Å². The predicted molar refractivity (Wildman–Crippen MR) is 134 cm³/mol. The summed E-state index contributed by atoms with van der Waals surface area (Å²) in [7, 11) is 4.62. The van der Waals surface area contributed by atoms with E-state index in [1.807, 2.05) is 0 Å². The van der Waals surface area contributed by atoms with Crippen LogP contribution in [-0.4, -0.2) is 44.1 Å². The van der Waals surface area contributed by atoms with Crippen LogP contribution in [0.25, 0.3) is 0 Å². The van der Waals surface area contributed by atoms with Gasteiger partial charge in [0.1, 0.15) is 0 Å². The molecule has 31 heavy (non-hydrogen) atoms. The largest absolute Gasteiger partial charge is 1.00 e. The number of quaternary nitrogens is 1. The quantitative estimate of drug-likeness (QED) is 0.145. The Hall–Kier alpha value is -0.540. The smallest absolute Gasteiger partial charge is 0.246 e. The first-order valence-electron chi connectivity index (χ1n) is 13.1. The summed E-state index contributed by atoms with van der Waals surface area (Å²) in [6, 6.07) is 0. The number of carbonyl (C=O) groups is 1. The summed E-state index contributed by atoms with van der Waals surface area (Å²) < 4.78 is 1.06. The first-order valence-corrected chi connectivity index (χ1v) is 13.1. The van der Waals surface area contributed by atoms with Crippen molar-refractivity contribution < 1.29 is 21.7 Å². The molecule has 186 valence electrons. The molecule has 0 bridgehead atoms. The van der Waals surface area contributed by atoms with Crippen molar-refractivity contribution in [3.05, 3.63) is 12.2 Å². The highest BCUT2D eigenvalue weighted by Crippen LogP contribution is 2.14. The van der Waals surface area contributed by atoms with Crippen LogP contribution >= 0.6 is 0 Å². The molecule has 3 nitrogen and oxygen atoms in total. The summed E-state index contributed by atoms with van der Waals surface area (Å²) in [6.07, 6.45) is 23.8. The normalized spacial score (nSPS) is 11.2. The van der Waals surface area contributed by atoms with Gasteiger partial charge in [0.25, 0.3) is 0 Å². The van der Waals surface area contributed by atoms with Gasteiger partial charge in [-0.05, 0) is 19.8 Å². The van der Waals surface area contributed by atoms with Gasteiger partial charge in [-0.15, -0.1) is 0 Å². The maximum Gasteiger partial charge on any atom is 0.246 e. The fraction of sp³-hybridized carbons (Fsp3) is 0.889. The maximum atomic E-state index is 11.5. The van der Waals surface area contributed by atoms with Crippen LogP contribution in [0.4, 0.5) is 0 Å². The van der Waals surface area contributed by atoms with Gasteiger partial charge in [-0.3, -0.25) is 4.79 Å². The molecular formula is C27H55ClN2O. The third-order valence-electron chi connectivity index (χ3n) is 6.23. The Balaban J connectivity index is 0. The number of unbranched alkanes of at least 4 members (excludes halogenated alkanes) is 15. The molecule has 0 aliphatic rings. The molecule has 1 N–H and O–H groups in total. The molecule has 0 saturated heterocycles. The SMILES string of the molecule is C=C(C)C(=O)NCCC[N+](C)(C)CCCCCCCCCCCCCCCCCC.[Cl-]. The predicted octanol–water partition coefficient (Wildman–Crippen LogP) is 4.41. The third-order valence-corrected chi connectivity index (χ3v) is 6.23. The minimum Gasteiger partial charge on any atom is -1.00 e. The van der Waals surface area contributed by atoms with Crippen LogP contribution in [0.3, 0.4) is 0 Å². The first-order chi connectivity index (χ1) is 14.4. The van der Waals surface area contributed by atoms with Gasteiger partial charge in [-0.2, -0.15) is 0 Å². The molecule has 0 aliphatic carbocycles. The van der Waals surface area contributed by atoms with E-state index in [1.165, 1.54) is 109 Å². The lowest BCUT2D eigenvalue weighted by Crippen LogP contribution is -3.00. The van der Waals surface area contributed by atoms with Crippen LogP contribution in [0.15, 0.2) is 12.2 Å². The van der Waals surface area contributed by atoms with E-state index in [4.69, 9.17) is 0 Å². The van der Waals surface area contributed by atoms with Gasteiger partial charge >= 0.3 is 0 Å². The zero-order valence-corrected chi connectivity index (χ0v) is 22.3. The highest BCUT2D eigenvalue weighted by molar-refractivity contribution is 5.91. The van der Waals surface area contributed by atoms with Crippen LogP contribution in [-0.2, 0) is 4.79 Å². The second kappa shape index (κ2) is 22.6. The Morgan fingerprint density at radius 2 is 1.03 bits per heavy atom. The molecule has 0 aliphatic heterocycles. The molecule has 0 saturated carbocycles. The zero-order chi connectivity index (χ0) is 22.5. The standard InChI is InChI=1S/C27H54N2O.ClH/c1-6-7-8-9-10-11-12-13-14-15-16-17-18-19-20-21-24-29(4,5)25-22-23-28-27(30)26(2)3;/h2,6-25H2,1,3-5H3;1H. The van der Waals surface area contributed by atoms with Crippen LogP contribution in [0.5, 0.6) is 0 Å². The van der Waals surface area contributed by atoms with Gasteiger partial charge in [-0.1, -0.05) is 103 Å². The molecular weight excluding hydrogens is 404 g/mol. The fourth-order valence-corrected chi connectivity index (χ4v) is 4.06. The molecule has 4 heteroatoms. The van der Waals surface area contributed by atoms with Gasteiger partial charge < -0.3 is 22.2 Å². The van der Waals surface area contributed by atoms with Crippen LogP contribution in [0.2, 0.25) is 0 Å². The van der Waals surface area contributed by atoms with Crippen molar-refractivity contribution in [1.82, 2.24) is 5.32 Å². The third kappa shape index (κ3) is 23.9. The summed E-state index contributed by atoms with van der Waals surface area (Å²) in [5, 5.41) is 2.93. The van der Waals surface area contributed by atoms with Crippen molar-refractivity contribution in [1.29, 1.82) is 0 Å². The van der Waals surface area contributed by atoms with Gasteiger partial charge in [0.05, 0.1) is 27.2 Å². The summed E-state index contributed by atoms with van der Waals surface area (Å²) in [5.74, 6) is -0.0156. The summed E-state index contributed by atoms with van der Waals surface area (Å²) in [4.78, 5) is 11.5. The van der Waals surface area contributed by atoms with Gasteiger partial charge in [0.15, 0.2) is 0 Å². The van der Waals surface area contributed by atoms with E-state index in [0.29, 0.717) is 5.57 Å². The van der Waals surface area contributed by atoms with Gasteiger partial charge in [0.2, 0.25) is 5.91 Å². The minimum absolute atomic E-state index is 0. The Kier molecular flexibility index (Phi) is 23.8. The lowest BCUT2D eigenvalue weighted by Gasteiger charge is -2.30. The molecule has 0 aromatic heterocycles. The number of amides is 1. The Labute approximate surface area is 201 Å². The van der Waals surface area contributed by atoms with Crippen LogP contribution in [0, 0.1) is 0 Å². The number of hydrogen-bond acceptors (Lipinski definition) is 1. The molecule has 0 atom stereocenters. The molecule has 0 aromatic carbocycles. The summed E-state index contributed by atoms with van der Waals surface area (Å²) in [6.45, 7) is 10.8. The number of carbonyl (C=O) groups excluding carboxylic acids is 1. The highest BCUT2D eigenvalue weighted by Gasteiger charge is 2.14.